The smallest absolute Gasteiger partial charge is 0.149 e. The van der Waals surface area contributed by atoms with Crippen LogP contribution in [0.2, 0.25) is 10.0 Å². The van der Waals surface area contributed by atoms with Gasteiger partial charge in [0.2, 0.25) is 0 Å². The topological polar surface area (TPSA) is 65.6 Å². The van der Waals surface area contributed by atoms with E-state index < -0.39 is 0 Å². The summed E-state index contributed by atoms with van der Waals surface area (Å²) in [4.78, 5) is 7.67. The van der Waals surface area contributed by atoms with Gasteiger partial charge in [0, 0.05) is 11.6 Å². The zero-order chi connectivity index (χ0) is 19.0. The summed E-state index contributed by atoms with van der Waals surface area (Å²) in [6.07, 6.45) is 1.66. The number of hydrogen-bond acceptors (Lipinski definition) is 3. The highest BCUT2D eigenvalue weighted by molar-refractivity contribution is 6.42. The Morgan fingerprint density at radius 3 is 2.74 bits per heavy atom. The lowest BCUT2D eigenvalue weighted by Gasteiger charge is -1.99. The van der Waals surface area contributed by atoms with Gasteiger partial charge in [-0.25, -0.2) is 4.98 Å². The number of rotatable bonds is 3. The maximum absolute atomic E-state index is 9.56. The van der Waals surface area contributed by atoms with Gasteiger partial charge in [-0.05, 0) is 55.0 Å². The Morgan fingerprint density at radius 2 is 1.96 bits per heavy atom. The van der Waals surface area contributed by atoms with Crippen molar-refractivity contribution in [2.24, 2.45) is 0 Å². The molecule has 0 radical (unpaired) electrons. The average molecular weight is 394 g/mol. The van der Waals surface area contributed by atoms with Gasteiger partial charge < -0.3 is 9.40 Å². The molecule has 2 aromatic carbocycles. The SMILES string of the molecule is Cc1ccc2nc(/C(C#N)=C/c3ccc(-c4ccc(Cl)c(Cl)c4)o3)[nH]c2c1. The number of halogens is 2. The summed E-state index contributed by atoms with van der Waals surface area (Å²) >= 11 is 12.0. The zero-order valence-electron chi connectivity index (χ0n) is 14.3. The van der Waals surface area contributed by atoms with E-state index in [1.807, 2.05) is 37.3 Å². The third-order valence-electron chi connectivity index (χ3n) is 4.13. The molecule has 0 aliphatic heterocycles. The molecule has 4 rings (SSSR count). The van der Waals surface area contributed by atoms with Crippen LogP contribution in [0.5, 0.6) is 0 Å². The fourth-order valence-electron chi connectivity index (χ4n) is 2.78. The number of furan rings is 1. The quantitative estimate of drug-likeness (QED) is 0.403. The Labute approximate surface area is 165 Å². The van der Waals surface area contributed by atoms with Gasteiger partial charge in [-0.1, -0.05) is 29.3 Å². The number of aryl methyl sites for hydroxylation is 1. The molecule has 0 amide bonds. The van der Waals surface area contributed by atoms with E-state index in [1.54, 1.807) is 24.3 Å². The van der Waals surface area contributed by atoms with Crippen LogP contribution in [0.1, 0.15) is 17.1 Å². The van der Waals surface area contributed by atoms with Crippen molar-refractivity contribution in [1.29, 1.82) is 5.26 Å². The van der Waals surface area contributed by atoms with Crippen molar-refractivity contribution in [3.05, 3.63) is 75.7 Å². The summed E-state index contributed by atoms with van der Waals surface area (Å²) in [7, 11) is 0. The molecule has 0 aliphatic carbocycles. The highest BCUT2D eigenvalue weighted by Gasteiger charge is 2.11. The summed E-state index contributed by atoms with van der Waals surface area (Å²) in [5.41, 5.74) is 4.02. The molecule has 4 nitrogen and oxygen atoms in total. The molecule has 132 valence electrons. The number of hydrogen-bond donors (Lipinski definition) is 1. The second-order valence-corrected chi connectivity index (χ2v) is 6.92. The minimum absolute atomic E-state index is 0.388. The minimum atomic E-state index is 0.388. The minimum Gasteiger partial charge on any atom is -0.457 e. The molecule has 0 spiro atoms. The lowest BCUT2D eigenvalue weighted by molar-refractivity contribution is 0.572. The van der Waals surface area contributed by atoms with Crippen molar-refractivity contribution in [1.82, 2.24) is 9.97 Å². The molecule has 1 N–H and O–H groups in total. The molecule has 4 aromatic rings. The van der Waals surface area contributed by atoms with E-state index >= 15 is 0 Å². The fourth-order valence-corrected chi connectivity index (χ4v) is 3.08. The Morgan fingerprint density at radius 1 is 1.11 bits per heavy atom. The monoisotopic (exact) mass is 393 g/mol. The van der Waals surface area contributed by atoms with E-state index in [0.717, 1.165) is 22.2 Å². The fraction of sp³-hybridized carbons (Fsp3) is 0.0476. The van der Waals surface area contributed by atoms with Gasteiger partial charge in [0.05, 0.1) is 26.7 Å². The molecule has 27 heavy (non-hydrogen) atoms. The first-order valence-corrected chi connectivity index (χ1v) is 8.93. The van der Waals surface area contributed by atoms with Crippen LogP contribution < -0.4 is 0 Å². The van der Waals surface area contributed by atoms with Crippen LogP contribution in [-0.4, -0.2) is 9.97 Å². The van der Waals surface area contributed by atoms with E-state index in [0.29, 0.717) is 33.0 Å². The molecule has 0 atom stereocenters. The summed E-state index contributed by atoms with van der Waals surface area (Å²) < 4.78 is 5.84. The number of fused-ring (bicyclic) bond motifs is 1. The van der Waals surface area contributed by atoms with Gasteiger partial charge in [0.25, 0.3) is 0 Å². The predicted octanol–water partition coefficient (Wildman–Crippen LogP) is 6.50. The third kappa shape index (κ3) is 3.48. The van der Waals surface area contributed by atoms with Crippen molar-refractivity contribution in [3.63, 3.8) is 0 Å². The van der Waals surface area contributed by atoms with Crippen LogP contribution in [0.25, 0.3) is 34.0 Å². The van der Waals surface area contributed by atoms with Gasteiger partial charge in [-0.2, -0.15) is 5.26 Å². The number of allylic oxidation sites excluding steroid dienone is 1. The molecule has 2 aromatic heterocycles. The van der Waals surface area contributed by atoms with Crippen LogP contribution in [0, 0.1) is 18.3 Å². The predicted molar refractivity (Wildman–Crippen MR) is 108 cm³/mol. The number of nitrogens with zero attached hydrogens (tertiary/aromatic N) is 2. The van der Waals surface area contributed by atoms with Crippen LogP contribution in [0.15, 0.2) is 52.9 Å². The Hall–Kier alpha value is -3.00. The molecule has 0 saturated heterocycles. The highest BCUT2D eigenvalue weighted by atomic mass is 35.5. The molecule has 0 aliphatic rings. The number of aromatic amines is 1. The lowest BCUT2D eigenvalue weighted by Crippen LogP contribution is -1.84. The van der Waals surface area contributed by atoms with Gasteiger partial charge in [0.15, 0.2) is 0 Å². The molecule has 0 saturated carbocycles. The number of aromatic nitrogens is 2. The molecular weight excluding hydrogens is 381 g/mol. The van der Waals surface area contributed by atoms with Gasteiger partial charge in [-0.3, -0.25) is 0 Å². The summed E-state index contributed by atoms with van der Waals surface area (Å²) in [5, 5.41) is 10.5. The molecule has 0 bridgehead atoms. The first kappa shape index (κ1) is 17.4. The molecule has 6 heteroatoms. The van der Waals surface area contributed by atoms with Crippen LogP contribution >= 0.6 is 23.2 Å². The maximum atomic E-state index is 9.56. The highest BCUT2D eigenvalue weighted by Crippen LogP contribution is 2.30. The normalized spacial score (nSPS) is 11.7. The third-order valence-corrected chi connectivity index (χ3v) is 4.87. The maximum Gasteiger partial charge on any atom is 0.149 e. The number of H-pyrrole nitrogens is 1. The summed E-state index contributed by atoms with van der Waals surface area (Å²) in [5.74, 6) is 1.69. The Bertz CT molecular complexity index is 1230. The van der Waals surface area contributed by atoms with Crippen molar-refractivity contribution < 1.29 is 4.42 Å². The van der Waals surface area contributed by atoms with Crippen molar-refractivity contribution in [2.45, 2.75) is 6.92 Å². The van der Waals surface area contributed by atoms with Crippen molar-refractivity contribution in [3.8, 4) is 17.4 Å². The van der Waals surface area contributed by atoms with E-state index in [9.17, 15) is 5.26 Å². The number of nitriles is 1. The molecule has 0 unspecified atom stereocenters. The standard InChI is InChI=1S/C21H13Cl2N3O/c1-12-2-6-18-19(8-12)26-21(25-18)14(11-24)9-15-4-7-20(27-15)13-3-5-16(22)17(23)10-13/h2-10H,1H3,(H,25,26)/b14-9+. The van der Waals surface area contributed by atoms with Crippen LogP contribution in [-0.2, 0) is 0 Å². The molecule has 2 heterocycles. The number of nitrogens with one attached hydrogen (secondary N) is 1. The van der Waals surface area contributed by atoms with E-state index in [-0.39, 0.29) is 0 Å². The van der Waals surface area contributed by atoms with E-state index in [4.69, 9.17) is 27.6 Å². The van der Waals surface area contributed by atoms with Gasteiger partial charge in [-0.15, -0.1) is 0 Å². The molecule has 0 fully saturated rings. The first-order valence-electron chi connectivity index (χ1n) is 8.17. The number of imidazole rings is 1. The summed E-state index contributed by atoms with van der Waals surface area (Å²) in [6, 6.07) is 17.0. The van der Waals surface area contributed by atoms with E-state index in [1.165, 1.54) is 0 Å². The first-order chi connectivity index (χ1) is 13.0. The Kier molecular flexibility index (Phi) is 4.49. The lowest BCUT2D eigenvalue weighted by atomic mass is 10.2. The largest absolute Gasteiger partial charge is 0.457 e. The Balaban J connectivity index is 1.69. The zero-order valence-corrected chi connectivity index (χ0v) is 15.8. The van der Waals surface area contributed by atoms with Gasteiger partial charge >= 0.3 is 0 Å². The summed E-state index contributed by atoms with van der Waals surface area (Å²) in [6.45, 7) is 2.01. The van der Waals surface area contributed by atoms with E-state index in [2.05, 4.69) is 16.0 Å². The number of benzene rings is 2. The average Bonchev–Trinajstić information content (AvgIpc) is 3.28. The van der Waals surface area contributed by atoms with Crippen molar-refractivity contribution >= 4 is 45.9 Å². The van der Waals surface area contributed by atoms with Crippen LogP contribution in [0.3, 0.4) is 0 Å². The second kappa shape index (κ2) is 6.96. The molecular formula is C21H13Cl2N3O. The second-order valence-electron chi connectivity index (χ2n) is 6.11. The van der Waals surface area contributed by atoms with Crippen molar-refractivity contribution in [2.75, 3.05) is 0 Å². The van der Waals surface area contributed by atoms with Gasteiger partial charge in [0.1, 0.15) is 23.4 Å². The van der Waals surface area contributed by atoms with Crippen LogP contribution in [0.4, 0.5) is 0 Å².